The Kier molecular flexibility index (Phi) is 6.38. The fourth-order valence-corrected chi connectivity index (χ4v) is 4.28. The summed E-state index contributed by atoms with van der Waals surface area (Å²) in [5, 5.41) is 0. The van der Waals surface area contributed by atoms with Gasteiger partial charge in [0.05, 0.1) is 12.1 Å². The fraction of sp³-hybridized carbons (Fsp3) is 0.360. The molecule has 1 saturated heterocycles. The van der Waals surface area contributed by atoms with Gasteiger partial charge in [0.15, 0.2) is 17.2 Å². The van der Waals surface area contributed by atoms with Crippen LogP contribution in [0.4, 0.5) is 13.2 Å². The Morgan fingerprint density at radius 1 is 0.943 bits per heavy atom. The van der Waals surface area contributed by atoms with Crippen molar-refractivity contribution in [1.29, 1.82) is 0 Å². The number of carbonyl (C=O) groups excluding carboxylic acids is 1. The fourth-order valence-electron chi connectivity index (χ4n) is 4.28. The summed E-state index contributed by atoms with van der Waals surface area (Å²) in [5.74, 6) is 1.52. The maximum atomic E-state index is 13.0. The van der Waals surface area contributed by atoms with Crippen LogP contribution in [0.5, 0.6) is 11.5 Å². The van der Waals surface area contributed by atoms with Gasteiger partial charge in [-0.2, -0.15) is 13.2 Å². The van der Waals surface area contributed by atoms with Crippen LogP contribution in [0.25, 0.3) is 0 Å². The van der Waals surface area contributed by atoms with Crippen molar-refractivity contribution >= 4 is 5.91 Å². The molecule has 3 heterocycles. The zero-order valence-electron chi connectivity index (χ0n) is 18.9. The summed E-state index contributed by atoms with van der Waals surface area (Å²) in [5.41, 5.74) is 1.21. The molecule has 0 radical (unpaired) electrons. The van der Waals surface area contributed by atoms with Gasteiger partial charge in [-0.1, -0.05) is 18.2 Å². The van der Waals surface area contributed by atoms with Crippen molar-refractivity contribution in [3.63, 3.8) is 0 Å². The Balaban J connectivity index is 1.34. The van der Waals surface area contributed by atoms with E-state index in [9.17, 15) is 18.0 Å². The highest BCUT2D eigenvalue weighted by atomic mass is 19.4. The van der Waals surface area contributed by atoms with E-state index >= 15 is 0 Å². The minimum absolute atomic E-state index is 0.150. The van der Waals surface area contributed by atoms with Crippen LogP contribution < -0.4 is 9.47 Å². The number of hydrogen-bond acceptors (Lipinski definition) is 6. The number of ether oxygens (including phenoxy) is 2. The number of hydrogen-bond donors (Lipinski definition) is 0. The molecule has 0 atom stereocenters. The van der Waals surface area contributed by atoms with E-state index in [0.29, 0.717) is 49.1 Å². The molecule has 5 rings (SSSR count). The highest BCUT2D eigenvalue weighted by Crippen LogP contribution is 2.33. The van der Waals surface area contributed by atoms with Crippen molar-refractivity contribution in [3.8, 4) is 11.5 Å². The molecule has 7 nitrogen and oxygen atoms in total. The minimum atomic E-state index is -4.39. The van der Waals surface area contributed by atoms with Crippen molar-refractivity contribution < 1.29 is 31.9 Å². The second-order valence-corrected chi connectivity index (χ2v) is 8.65. The summed E-state index contributed by atoms with van der Waals surface area (Å²) < 4.78 is 55.3. The molecular formula is C25H24F3N3O4. The first-order valence-corrected chi connectivity index (χ1v) is 11.4. The van der Waals surface area contributed by atoms with Gasteiger partial charge in [0.25, 0.3) is 5.91 Å². The number of likely N-dealkylation sites (tertiary alicyclic amines) is 1. The van der Waals surface area contributed by atoms with Gasteiger partial charge in [0.1, 0.15) is 6.26 Å². The zero-order valence-corrected chi connectivity index (χ0v) is 18.9. The summed E-state index contributed by atoms with van der Waals surface area (Å²) in [7, 11) is 0. The molecule has 1 amide bonds. The van der Waals surface area contributed by atoms with E-state index in [1.54, 1.807) is 4.90 Å². The molecule has 0 saturated carbocycles. The Morgan fingerprint density at radius 2 is 1.63 bits per heavy atom. The Labute approximate surface area is 200 Å². The predicted octanol–water partition coefficient (Wildman–Crippen LogP) is 4.86. The molecule has 0 N–H and O–H groups in total. The van der Waals surface area contributed by atoms with Gasteiger partial charge in [-0.15, -0.1) is 0 Å². The number of rotatable bonds is 7. The monoisotopic (exact) mass is 487 g/mol. The van der Waals surface area contributed by atoms with Crippen LogP contribution in [0.2, 0.25) is 0 Å². The van der Waals surface area contributed by atoms with Gasteiger partial charge < -0.3 is 18.8 Å². The third-order valence-corrected chi connectivity index (χ3v) is 6.05. The summed E-state index contributed by atoms with van der Waals surface area (Å²) >= 11 is 0. The van der Waals surface area contributed by atoms with E-state index in [-0.39, 0.29) is 24.9 Å². The minimum Gasteiger partial charge on any atom is -0.454 e. The number of carbonyl (C=O) groups is 1. The third-order valence-electron chi connectivity index (χ3n) is 6.05. The van der Waals surface area contributed by atoms with Crippen molar-refractivity contribution in [1.82, 2.24) is 14.8 Å². The van der Waals surface area contributed by atoms with Gasteiger partial charge in [0.2, 0.25) is 12.7 Å². The van der Waals surface area contributed by atoms with Crippen LogP contribution in [-0.4, -0.2) is 40.6 Å². The highest BCUT2D eigenvalue weighted by molar-refractivity contribution is 5.92. The molecule has 35 heavy (non-hydrogen) atoms. The Hall–Kier alpha value is -3.53. The van der Waals surface area contributed by atoms with Crippen LogP contribution in [0, 0.1) is 0 Å². The van der Waals surface area contributed by atoms with Gasteiger partial charge in [0, 0.05) is 26.2 Å². The Bertz CT molecular complexity index is 1190. The van der Waals surface area contributed by atoms with Crippen LogP contribution in [-0.2, 0) is 25.8 Å². The number of oxazole rings is 1. The van der Waals surface area contributed by atoms with Crippen molar-refractivity contribution in [2.24, 2.45) is 0 Å². The van der Waals surface area contributed by atoms with E-state index in [0.717, 1.165) is 30.5 Å². The molecule has 2 aromatic carbocycles. The molecular weight excluding hydrogens is 463 g/mol. The normalized spacial score (nSPS) is 15.3. The van der Waals surface area contributed by atoms with Gasteiger partial charge in [-0.3, -0.25) is 9.69 Å². The summed E-state index contributed by atoms with van der Waals surface area (Å²) in [6.45, 7) is 2.66. The van der Waals surface area contributed by atoms with Crippen molar-refractivity contribution in [2.75, 3.05) is 19.9 Å². The van der Waals surface area contributed by atoms with Crippen LogP contribution >= 0.6 is 0 Å². The zero-order chi connectivity index (χ0) is 24.4. The van der Waals surface area contributed by atoms with Crippen LogP contribution in [0.1, 0.15) is 45.9 Å². The maximum Gasteiger partial charge on any atom is 0.416 e. The van der Waals surface area contributed by atoms with E-state index in [1.807, 2.05) is 23.1 Å². The largest absolute Gasteiger partial charge is 0.454 e. The average molecular weight is 487 g/mol. The van der Waals surface area contributed by atoms with Gasteiger partial charge in [-0.05, 0) is 48.2 Å². The number of halogens is 3. The molecule has 1 fully saturated rings. The van der Waals surface area contributed by atoms with Gasteiger partial charge in [-0.25, -0.2) is 4.98 Å². The molecule has 184 valence electrons. The lowest BCUT2D eigenvalue weighted by atomic mass is 10.1. The number of benzene rings is 2. The van der Waals surface area contributed by atoms with Crippen molar-refractivity contribution in [3.05, 3.63) is 77.0 Å². The first kappa shape index (κ1) is 23.2. The first-order valence-electron chi connectivity index (χ1n) is 11.4. The molecule has 1 aromatic heterocycles. The smallest absolute Gasteiger partial charge is 0.416 e. The number of amides is 1. The molecule has 0 spiro atoms. The number of aromatic nitrogens is 1. The third kappa shape index (κ3) is 5.43. The predicted molar refractivity (Wildman–Crippen MR) is 119 cm³/mol. The van der Waals surface area contributed by atoms with E-state index < -0.39 is 11.7 Å². The molecule has 0 unspecified atom stereocenters. The maximum absolute atomic E-state index is 13.0. The van der Waals surface area contributed by atoms with Crippen LogP contribution in [0.3, 0.4) is 0 Å². The van der Waals surface area contributed by atoms with E-state index in [2.05, 4.69) is 4.98 Å². The van der Waals surface area contributed by atoms with Crippen molar-refractivity contribution in [2.45, 2.75) is 38.7 Å². The lowest BCUT2D eigenvalue weighted by Crippen LogP contribution is -2.28. The lowest BCUT2D eigenvalue weighted by molar-refractivity contribution is -0.137. The average Bonchev–Trinajstić information content (AvgIpc) is 3.60. The SMILES string of the molecule is O=C(c1coc(CN(Cc2ccc(C(F)(F)F)cc2)Cc2ccc3c(c2)OCO3)n1)N1CCCC1. The summed E-state index contributed by atoms with van der Waals surface area (Å²) in [6.07, 6.45) is -1.06. The second kappa shape index (κ2) is 9.61. The molecule has 2 aliphatic heterocycles. The lowest BCUT2D eigenvalue weighted by Gasteiger charge is -2.21. The molecule has 10 heteroatoms. The summed E-state index contributed by atoms with van der Waals surface area (Å²) in [4.78, 5) is 20.8. The van der Waals surface area contributed by atoms with E-state index in [4.69, 9.17) is 13.9 Å². The number of fused-ring (bicyclic) bond motifs is 1. The quantitative estimate of drug-likeness (QED) is 0.474. The number of nitrogens with zero attached hydrogens (tertiary/aromatic N) is 3. The molecule has 0 aliphatic carbocycles. The molecule has 3 aromatic rings. The highest BCUT2D eigenvalue weighted by Gasteiger charge is 2.30. The first-order chi connectivity index (χ1) is 16.8. The molecule has 2 aliphatic rings. The van der Waals surface area contributed by atoms with Gasteiger partial charge >= 0.3 is 6.18 Å². The topological polar surface area (TPSA) is 68.0 Å². The second-order valence-electron chi connectivity index (χ2n) is 8.65. The summed E-state index contributed by atoms with van der Waals surface area (Å²) in [6, 6.07) is 10.7. The van der Waals surface area contributed by atoms with Crippen LogP contribution in [0.15, 0.2) is 53.1 Å². The standard InChI is InChI=1S/C25H24F3N3O4/c26-25(27,28)19-6-3-17(4-7-19)12-30(13-18-5-8-21-22(11-18)35-16-34-21)14-23-29-20(15-33-23)24(32)31-9-1-2-10-31/h3-8,11,15H,1-2,9-10,12-14,16H2. The Morgan fingerprint density at radius 3 is 2.37 bits per heavy atom. The number of alkyl halides is 3. The van der Waals surface area contributed by atoms with E-state index in [1.165, 1.54) is 18.4 Å². The molecule has 0 bridgehead atoms.